The standard InChI is InChI=1S/C22H34N6O5/c1-24-21(31)27-17-10-13-28(14-11-17)19(29)18(9-5-6-12-25-20(23)30)33-22(32)26-15-16-7-3-2-4-8-16/h2-4,7-8,17-18H,5-6,9-15H2,1H3,(H,26,32)(H3,23,25,30)(H2,24,27,31)/t18-/m1/s1. The van der Waals surface area contributed by atoms with Gasteiger partial charge < -0.3 is 36.6 Å². The van der Waals surface area contributed by atoms with Crippen LogP contribution in [0.25, 0.3) is 0 Å². The van der Waals surface area contributed by atoms with Crippen LogP contribution in [0.2, 0.25) is 0 Å². The van der Waals surface area contributed by atoms with E-state index in [1.54, 1.807) is 11.9 Å². The number of piperidine rings is 1. The molecule has 0 aliphatic carbocycles. The van der Waals surface area contributed by atoms with Crippen molar-refractivity contribution < 1.29 is 23.9 Å². The molecule has 182 valence electrons. The largest absolute Gasteiger partial charge is 0.436 e. The van der Waals surface area contributed by atoms with E-state index in [0.29, 0.717) is 58.3 Å². The molecule has 11 nitrogen and oxygen atoms in total. The van der Waals surface area contributed by atoms with E-state index in [0.717, 1.165) is 5.56 Å². The van der Waals surface area contributed by atoms with Crippen molar-refractivity contribution in [2.75, 3.05) is 26.7 Å². The zero-order valence-electron chi connectivity index (χ0n) is 19.0. The number of nitrogens with one attached hydrogen (secondary N) is 4. The van der Waals surface area contributed by atoms with Gasteiger partial charge in [0.25, 0.3) is 5.91 Å². The summed E-state index contributed by atoms with van der Waals surface area (Å²) in [5.41, 5.74) is 5.98. The summed E-state index contributed by atoms with van der Waals surface area (Å²) < 4.78 is 5.49. The number of rotatable bonds is 10. The van der Waals surface area contributed by atoms with Crippen molar-refractivity contribution in [2.45, 2.75) is 50.8 Å². The van der Waals surface area contributed by atoms with Crippen LogP contribution in [-0.2, 0) is 16.1 Å². The van der Waals surface area contributed by atoms with E-state index >= 15 is 0 Å². The number of primary amides is 1. The molecule has 6 amide bonds. The summed E-state index contributed by atoms with van der Waals surface area (Å²) in [4.78, 5) is 49.4. The first kappa shape index (κ1) is 25.8. The third kappa shape index (κ3) is 9.67. The molecule has 1 aliphatic rings. The molecule has 0 unspecified atom stereocenters. The molecule has 2 rings (SSSR count). The summed E-state index contributed by atoms with van der Waals surface area (Å²) in [6, 6.07) is 8.53. The Balaban J connectivity index is 1.88. The number of carbonyl (C=O) groups excluding carboxylic acids is 4. The second-order valence-corrected chi connectivity index (χ2v) is 7.84. The van der Waals surface area contributed by atoms with Gasteiger partial charge >= 0.3 is 18.2 Å². The van der Waals surface area contributed by atoms with Crippen molar-refractivity contribution in [3.63, 3.8) is 0 Å². The maximum atomic E-state index is 13.1. The van der Waals surface area contributed by atoms with Gasteiger partial charge in [0.05, 0.1) is 0 Å². The van der Waals surface area contributed by atoms with Gasteiger partial charge in [0, 0.05) is 39.3 Å². The number of hydrogen-bond acceptors (Lipinski definition) is 5. The highest BCUT2D eigenvalue weighted by molar-refractivity contribution is 5.83. The van der Waals surface area contributed by atoms with Gasteiger partial charge in [0.2, 0.25) is 0 Å². The molecule has 33 heavy (non-hydrogen) atoms. The molecule has 0 aromatic heterocycles. The third-order valence-electron chi connectivity index (χ3n) is 5.37. The number of unbranched alkanes of at least 4 members (excludes halogenated alkanes) is 1. The lowest BCUT2D eigenvalue weighted by Gasteiger charge is -2.34. The summed E-state index contributed by atoms with van der Waals surface area (Å²) in [5.74, 6) is -0.258. The Morgan fingerprint density at radius 1 is 1.09 bits per heavy atom. The molecule has 0 saturated carbocycles. The van der Waals surface area contributed by atoms with Gasteiger partial charge in [0.1, 0.15) is 0 Å². The Bertz CT molecular complexity index is 783. The van der Waals surface area contributed by atoms with Crippen molar-refractivity contribution in [3.05, 3.63) is 35.9 Å². The third-order valence-corrected chi connectivity index (χ3v) is 5.37. The Morgan fingerprint density at radius 3 is 2.42 bits per heavy atom. The highest BCUT2D eigenvalue weighted by atomic mass is 16.6. The number of carbonyl (C=O) groups is 4. The van der Waals surface area contributed by atoms with Crippen LogP contribution in [0.1, 0.15) is 37.7 Å². The number of amides is 6. The Morgan fingerprint density at radius 2 is 1.79 bits per heavy atom. The molecule has 0 spiro atoms. The summed E-state index contributed by atoms with van der Waals surface area (Å²) in [7, 11) is 1.55. The summed E-state index contributed by atoms with van der Waals surface area (Å²) in [5, 5.41) is 10.6. The van der Waals surface area contributed by atoms with Crippen LogP contribution in [0.3, 0.4) is 0 Å². The zero-order valence-corrected chi connectivity index (χ0v) is 19.0. The molecule has 1 aliphatic heterocycles. The number of nitrogens with two attached hydrogens (primary N) is 1. The van der Waals surface area contributed by atoms with E-state index in [2.05, 4.69) is 21.3 Å². The van der Waals surface area contributed by atoms with Crippen molar-refractivity contribution >= 4 is 24.1 Å². The number of ether oxygens (including phenoxy) is 1. The molecule has 1 aromatic rings. The molecule has 0 bridgehead atoms. The van der Waals surface area contributed by atoms with E-state index in [9.17, 15) is 19.2 Å². The molecule has 11 heteroatoms. The Labute approximate surface area is 193 Å². The van der Waals surface area contributed by atoms with Crippen LogP contribution >= 0.6 is 0 Å². The van der Waals surface area contributed by atoms with Crippen LogP contribution in [0.15, 0.2) is 30.3 Å². The second-order valence-electron chi connectivity index (χ2n) is 7.84. The lowest BCUT2D eigenvalue weighted by molar-refractivity contribution is -0.141. The van der Waals surface area contributed by atoms with Crippen molar-refractivity contribution in [1.29, 1.82) is 0 Å². The minimum atomic E-state index is -0.933. The number of urea groups is 2. The van der Waals surface area contributed by atoms with Crippen LogP contribution in [0.5, 0.6) is 0 Å². The van der Waals surface area contributed by atoms with E-state index in [4.69, 9.17) is 10.5 Å². The highest BCUT2D eigenvalue weighted by Crippen LogP contribution is 2.16. The Hall–Kier alpha value is -3.50. The molecule has 0 radical (unpaired) electrons. The van der Waals surface area contributed by atoms with E-state index < -0.39 is 18.2 Å². The van der Waals surface area contributed by atoms with Gasteiger partial charge in [-0.05, 0) is 37.7 Å². The average Bonchev–Trinajstić information content (AvgIpc) is 2.82. The maximum absolute atomic E-state index is 13.1. The lowest BCUT2D eigenvalue weighted by Crippen LogP contribution is -2.51. The quantitative estimate of drug-likeness (QED) is 0.329. The SMILES string of the molecule is CNC(=O)NC1CCN(C(=O)[C@@H](CCCCNC(N)=O)OC(=O)NCc2ccccc2)CC1. The summed E-state index contributed by atoms with van der Waals surface area (Å²) in [6.45, 7) is 1.59. The number of alkyl carbamates (subject to hydrolysis) is 1. The van der Waals surface area contributed by atoms with Gasteiger partial charge in [-0.3, -0.25) is 4.79 Å². The van der Waals surface area contributed by atoms with Crippen molar-refractivity contribution in [3.8, 4) is 0 Å². The fraction of sp³-hybridized carbons (Fsp3) is 0.545. The fourth-order valence-corrected chi connectivity index (χ4v) is 3.55. The predicted octanol–water partition coefficient (Wildman–Crippen LogP) is 1.04. The van der Waals surface area contributed by atoms with Crippen LogP contribution in [0, 0.1) is 0 Å². The molecule has 6 N–H and O–H groups in total. The minimum absolute atomic E-state index is 0.0117. The van der Waals surface area contributed by atoms with E-state index in [1.165, 1.54) is 0 Å². The fourth-order valence-electron chi connectivity index (χ4n) is 3.55. The van der Waals surface area contributed by atoms with Crippen LogP contribution < -0.4 is 27.0 Å². The molecular weight excluding hydrogens is 428 g/mol. The smallest absolute Gasteiger partial charge is 0.408 e. The van der Waals surface area contributed by atoms with Crippen molar-refractivity contribution in [1.82, 2.24) is 26.2 Å². The molecule has 1 saturated heterocycles. The number of benzene rings is 1. The highest BCUT2D eigenvalue weighted by Gasteiger charge is 2.31. The minimum Gasteiger partial charge on any atom is -0.436 e. The molecular formula is C22H34N6O5. The summed E-state index contributed by atoms with van der Waals surface area (Å²) in [6.07, 6.45) is 1.14. The lowest BCUT2D eigenvalue weighted by atomic mass is 10.0. The van der Waals surface area contributed by atoms with Crippen LogP contribution in [-0.4, -0.2) is 67.8 Å². The molecule has 1 heterocycles. The normalized spacial score (nSPS) is 14.6. The average molecular weight is 463 g/mol. The van der Waals surface area contributed by atoms with E-state index in [-0.39, 0.29) is 18.0 Å². The van der Waals surface area contributed by atoms with Gasteiger partial charge in [-0.2, -0.15) is 0 Å². The zero-order chi connectivity index (χ0) is 24.1. The number of nitrogens with zero attached hydrogens (tertiary/aromatic N) is 1. The Kier molecular flexibility index (Phi) is 10.8. The molecule has 1 atom stereocenters. The monoisotopic (exact) mass is 462 g/mol. The summed E-state index contributed by atoms with van der Waals surface area (Å²) >= 11 is 0. The number of likely N-dealkylation sites (tertiary alicyclic amines) is 1. The van der Waals surface area contributed by atoms with Gasteiger partial charge in [-0.25, -0.2) is 14.4 Å². The second kappa shape index (κ2) is 13.8. The van der Waals surface area contributed by atoms with Gasteiger partial charge in [0.15, 0.2) is 6.10 Å². The topological polar surface area (TPSA) is 155 Å². The molecule has 1 aromatic carbocycles. The first-order chi connectivity index (χ1) is 15.9. The molecule has 1 fully saturated rings. The number of hydrogen-bond donors (Lipinski definition) is 5. The van der Waals surface area contributed by atoms with Crippen molar-refractivity contribution in [2.24, 2.45) is 5.73 Å². The predicted molar refractivity (Wildman–Crippen MR) is 122 cm³/mol. The first-order valence-corrected chi connectivity index (χ1v) is 11.2. The van der Waals surface area contributed by atoms with Crippen LogP contribution in [0.4, 0.5) is 14.4 Å². The maximum Gasteiger partial charge on any atom is 0.408 e. The van der Waals surface area contributed by atoms with Gasteiger partial charge in [-0.1, -0.05) is 30.3 Å². The van der Waals surface area contributed by atoms with Gasteiger partial charge in [-0.15, -0.1) is 0 Å². The van der Waals surface area contributed by atoms with E-state index in [1.807, 2.05) is 30.3 Å². The first-order valence-electron chi connectivity index (χ1n) is 11.2.